The smallest absolute Gasteiger partial charge is 0.329 e. The number of rotatable bonds is 6. The van der Waals surface area contributed by atoms with Crippen molar-refractivity contribution in [2.24, 2.45) is 0 Å². The molecule has 0 radical (unpaired) electrons. The number of nitrogens with zero attached hydrogens (tertiary/aromatic N) is 1. The van der Waals surface area contributed by atoms with Crippen LogP contribution in [0.2, 0.25) is 0 Å². The van der Waals surface area contributed by atoms with Gasteiger partial charge < -0.3 is 20.1 Å². The van der Waals surface area contributed by atoms with Crippen LogP contribution in [-0.2, 0) is 9.53 Å². The molecule has 2 rings (SSSR count). The van der Waals surface area contributed by atoms with Crippen LogP contribution in [0.15, 0.2) is 0 Å². The van der Waals surface area contributed by atoms with Gasteiger partial charge in [-0.25, -0.2) is 9.59 Å². The third-order valence-corrected chi connectivity index (χ3v) is 4.75. The third kappa shape index (κ3) is 3.48. The molecule has 1 heterocycles. The number of nitrogens with one attached hydrogen (secondary N) is 1. The SMILES string of the molecule is CCC1(C(=O)O)CCCN1C(=O)NCCOC1CCCC1. The zero-order valence-electron chi connectivity index (χ0n) is 12.8. The van der Waals surface area contributed by atoms with Crippen molar-refractivity contribution in [2.45, 2.75) is 63.5 Å². The zero-order valence-corrected chi connectivity index (χ0v) is 12.8. The summed E-state index contributed by atoms with van der Waals surface area (Å²) in [7, 11) is 0. The van der Waals surface area contributed by atoms with Gasteiger partial charge in [-0.15, -0.1) is 0 Å². The lowest BCUT2D eigenvalue weighted by Gasteiger charge is -2.33. The van der Waals surface area contributed by atoms with Gasteiger partial charge in [0.2, 0.25) is 0 Å². The molecule has 1 unspecified atom stereocenters. The lowest BCUT2D eigenvalue weighted by atomic mass is 9.93. The summed E-state index contributed by atoms with van der Waals surface area (Å²) < 4.78 is 5.69. The largest absolute Gasteiger partial charge is 0.479 e. The van der Waals surface area contributed by atoms with Crippen molar-refractivity contribution in [1.29, 1.82) is 0 Å². The molecule has 6 nitrogen and oxygen atoms in total. The molecule has 0 bridgehead atoms. The average Bonchev–Trinajstić information content (AvgIpc) is 3.12. The number of carboxylic acids is 1. The van der Waals surface area contributed by atoms with Crippen molar-refractivity contribution in [3.63, 3.8) is 0 Å². The predicted molar refractivity (Wildman–Crippen MR) is 78.2 cm³/mol. The van der Waals surface area contributed by atoms with Crippen molar-refractivity contribution in [2.75, 3.05) is 19.7 Å². The molecule has 0 aromatic heterocycles. The molecule has 2 aliphatic rings. The Labute approximate surface area is 125 Å². The second-order valence-electron chi connectivity index (χ2n) is 5.95. The van der Waals surface area contributed by atoms with Crippen LogP contribution in [0.25, 0.3) is 0 Å². The second kappa shape index (κ2) is 7.11. The van der Waals surface area contributed by atoms with Crippen LogP contribution in [0.3, 0.4) is 0 Å². The number of ether oxygens (including phenoxy) is 1. The number of likely N-dealkylation sites (tertiary alicyclic amines) is 1. The van der Waals surface area contributed by atoms with Crippen LogP contribution in [0.4, 0.5) is 4.79 Å². The number of carboxylic acid groups (broad SMARTS) is 1. The normalized spacial score (nSPS) is 26.2. The van der Waals surface area contributed by atoms with E-state index in [0.717, 1.165) is 19.3 Å². The Kier molecular flexibility index (Phi) is 5.45. The maximum atomic E-state index is 12.2. The maximum absolute atomic E-state index is 12.2. The van der Waals surface area contributed by atoms with E-state index in [2.05, 4.69) is 5.32 Å². The maximum Gasteiger partial charge on any atom is 0.329 e. The van der Waals surface area contributed by atoms with Crippen molar-refractivity contribution >= 4 is 12.0 Å². The van der Waals surface area contributed by atoms with Crippen molar-refractivity contribution in [3.8, 4) is 0 Å². The molecule has 1 saturated carbocycles. The summed E-state index contributed by atoms with van der Waals surface area (Å²) in [4.78, 5) is 25.2. The number of urea groups is 1. The summed E-state index contributed by atoms with van der Waals surface area (Å²) in [6.45, 7) is 3.26. The number of hydrogen-bond acceptors (Lipinski definition) is 3. The highest BCUT2D eigenvalue weighted by molar-refractivity contribution is 5.87. The summed E-state index contributed by atoms with van der Waals surface area (Å²) in [6, 6.07) is -0.285. The summed E-state index contributed by atoms with van der Waals surface area (Å²) in [5.41, 5.74) is -1.03. The van der Waals surface area contributed by atoms with E-state index >= 15 is 0 Å². The summed E-state index contributed by atoms with van der Waals surface area (Å²) >= 11 is 0. The Bertz CT molecular complexity index is 382. The zero-order chi connectivity index (χ0) is 15.3. The lowest BCUT2D eigenvalue weighted by molar-refractivity contribution is -0.148. The molecule has 2 N–H and O–H groups in total. The second-order valence-corrected chi connectivity index (χ2v) is 5.95. The van der Waals surface area contributed by atoms with E-state index in [9.17, 15) is 14.7 Å². The summed E-state index contributed by atoms with van der Waals surface area (Å²) in [5.74, 6) is -0.903. The van der Waals surface area contributed by atoms with Gasteiger partial charge in [0.15, 0.2) is 0 Å². The molecule has 21 heavy (non-hydrogen) atoms. The highest BCUT2D eigenvalue weighted by Crippen LogP contribution is 2.32. The molecule has 0 aromatic rings. The Morgan fingerprint density at radius 1 is 1.33 bits per heavy atom. The molecular weight excluding hydrogens is 272 g/mol. The Morgan fingerprint density at radius 3 is 2.67 bits per heavy atom. The van der Waals surface area contributed by atoms with Crippen molar-refractivity contribution < 1.29 is 19.4 Å². The van der Waals surface area contributed by atoms with Gasteiger partial charge in [0.1, 0.15) is 5.54 Å². The molecule has 1 aliphatic heterocycles. The van der Waals surface area contributed by atoms with Crippen LogP contribution in [0.5, 0.6) is 0 Å². The number of carbonyl (C=O) groups is 2. The van der Waals surface area contributed by atoms with Crippen LogP contribution in [0.1, 0.15) is 51.9 Å². The monoisotopic (exact) mass is 298 g/mol. The topological polar surface area (TPSA) is 78.9 Å². The van der Waals surface area contributed by atoms with Gasteiger partial charge in [0.25, 0.3) is 0 Å². The van der Waals surface area contributed by atoms with Gasteiger partial charge >= 0.3 is 12.0 Å². The van der Waals surface area contributed by atoms with Gasteiger partial charge in [-0.1, -0.05) is 19.8 Å². The van der Waals surface area contributed by atoms with Crippen LogP contribution < -0.4 is 5.32 Å². The fourth-order valence-electron chi connectivity index (χ4n) is 3.45. The predicted octanol–water partition coefficient (Wildman–Crippen LogP) is 1.98. The molecular formula is C15H26N2O4. The van der Waals surface area contributed by atoms with Crippen molar-refractivity contribution in [3.05, 3.63) is 0 Å². The molecule has 120 valence electrons. The molecule has 2 amide bonds. The van der Waals surface area contributed by atoms with E-state index < -0.39 is 11.5 Å². The minimum absolute atomic E-state index is 0.285. The molecule has 1 saturated heterocycles. The minimum atomic E-state index is -1.03. The van der Waals surface area contributed by atoms with Crippen LogP contribution in [0, 0.1) is 0 Å². The van der Waals surface area contributed by atoms with Crippen LogP contribution >= 0.6 is 0 Å². The number of aliphatic carboxylic acids is 1. The number of hydrogen-bond donors (Lipinski definition) is 2. The van der Waals surface area contributed by atoms with E-state index in [4.69, 9.17) is 4.74 Å². The van der Waals surface area contributed by atoms with E-state index in [1.54, 1.807) is 0 Å². The fourth-order valence-corrected chi connectivity index (χ4v) is 3.45. The van der Waals surface area contributed by atoms with E-state index in [1.807, 2.05) is 6.92 Å². The number of amides is 2. The highest BCUT2D eigenvalue weighted by Gasteiger charge is 2.48. The standard InChI is InChI=1S/C15H26N2O4/c1-2-15(13(18)19)8-5-10-17(15)14(20)16-9-11-21-12-6-3-4-7-12/h12H,2-11H2,1H3,(H,16,20)(H,18,19). The fraction of sp³-hybridized carbons (Fsp3) is 0.867. The molecule has 1 aliphatic carbocycles. The van der Waals surface area contributed by atoms with Gasteiger partial charge in [0, 0.05) is 13.1 Å². The van der Waals surface area contributed by atoms with Gasteiger partial charge in [-0.2, -0.15) is 0 Å². The van der Waals surface area contributed by atoms with E-state index in [0.29, 0.717) is 38.6 Å². The van der Waals surface area contributed by atoms with E-state index in [-0.39, 0.29) is 6.03 Å². The van der Waals surface area contributed by atoms with Crippen LogP contribution in [-0.4, -0.2) is 53.3 Å². The molecule has 6 heteroatoms. The van der Waals surface area contributed by atoms with Gasteiger partial charge in [0.05, 0.1) is 12.7 Å². The van der Waals surface area contributed by atoms with Gasteiger partial charge in [-0.3, -0.25) is 0 Å². The first-order valence-corrected chi connectivity index (χ1v) is 8.00. The lowest BCUT2D eigenvalue weighted by Crippen LogP contribution is -2.56. The molecule has 2 fully saturated rings. The Hall–Kier alpha value is -1.30. The average molecular weight is 298 g/mol. The molecule has 0 aromatic carbocycles. The first-order valence-electron chi connectivity index (χ1n) is 8.00. The third-order valence-electron chi connectivity index (χ3n) is 4.75. The molecule has 0 spiro atoms. The molecule has 1 atom stereocenters. The first kappa shape index (κ1) is 16.1. The Balaban J connectivity index is 1.77. The first-order chi connectivity index (χ1) is 10.1. The Morgan fingerprint density at radius 2 is 2.05 bits per heavy atom. The van der Waals surface area contributed by atoms with E-state index in [1.165, 1.54) is 17.7 Å². The summed E-state index contributed by atoms with van der Waals surface area (Å²) in [6.07, 6.45) is 6.72. The summed E-state index contributed by atoms with van der Waals surface area (Å²) in [5, 5.41) is 12.2. The number of carbonyl (C=O) groups excluding carboxylic acids is 1. The van der Waals surface area contributed by atoms with Gasteiger partial charge in [-0.05, 0) is 32.1 Å². The quantitative estimate of drug-likeness (QED) is 0.735. The highest BCUT2D eigenvalue weighted by atomic mass is 16.5. The minimum Gasteiger partial charge on any atom is -0.479 e. The van der Waals surface area contributed by atoms with Crippen molar-refractivity contribution in [1.82, 2.24) is 10.2 Å².